The summed E-state index contributed by atoms with van der Waals surface area (Å²) in [6, 6.07) is 0.421. The van der Waals surface area contributed by atoms with Crippen molar-refractivity contribution in [2.75, 3.05) is 25.0 Å². The Bertz CT molecular complexity index is 682. The lowest BCUT2D eigenvalue weighted by molar-refractivity contribution is -0.392. The third-order valence-corrected chi connectivity index (χ3v) is 4.80. The van der Waals surface area contributed by atoms with Gasteiger partial charge in [0.2, 0.25) is 0 Å². The average molecular weight is 360 g/mol. The monoisotopic (exact) mass is 360 g/mol. The van der Waals surface area contributed by atoms with Gasteiger partial charge in [-0.2, -0.15) is 13.2 Å². The first-order valence-electron chi connectivity index (χ1n) is 7.69. The molecule has 0 saturated carbocycles. The van der Waals surface area contributed by atoms with Crippen molar-refractivity contribution < 1.29 is 23.0 Å². The number of benzene rings is 1. The maximum absolute atomic E-state index is 12.9. The molecule has 1 atom stereocenters. The highest BCUT2D eigenvalue weighted by Crippen LogP contribution is 2.42. The number of fused-ring (bicyclic) bond motifs is 3. The molecule has 3 aliphatic rings. The van der Waals surface area contributed by atoms with Crippen molar-refractivity contribution in [1.82, 2.24) is 4.90 Å². The number of alkyl halides is 3. The molecule has 1 aromatic rings. The molecule has 3 heterocycles. The summed E-state index contributed by atoms with van der Waals surface area (Å²) in [6.07, 6.45) is -3.22. The van der Waals surface area contributed by atoms with Gasteiger partial charge in [0.15, 0.2) is 5.69 Å². The molecule has 1 N–H and O–H groups in total. The molecule has 11 heteroatoms. The van der Waals surface area contributed by atoms with Crippen LogP contribution in [0.4, 0.5) is 30.2 Å². The van der Waals surface area contributed by atoms with Crippen LogP contribution in [0.2, 0.25) is 0 Å². The van der Waals surface area contributed by atoms with E-state index in [9.17, 15) is 33.4 Å². The van der Waals surface area contributed by atoms with Crippen molar-refractivity contribution in [2.24, 2.45) is 5.92 Å². The van der Waals surface area contributed by atoms with Crippen molar-refractivity contribution in [3.63, 3.8) is 0 Å². The second-order valence-electron chi connectivity index (χ2n) is 6.29. The average Bonchev–Trinajstić information content (AvgIpc) is 2.54. The van der Waals surface area contributed by atoms with E-state index in [-0.39, 0.29) is 12.0 Å². The van der Waals surface area contributed by atoms with Gasteiger partial charge in [0, 0.05) is 24.7 Å². The fourth-order valence-corrected chi connectivity index (χ4v) is 3.53. The lowest BCUT2D eigenvalue weighted by Gasteiger charge is -2.45. The Morgan fingerprint density at radius 1 is 1.08 bits per heavy atom. The summed E-state index contributed by atoms with van der Waals surface area (Å²) in [6.45, 7) is 2.33. The first kappa shape index (κ1) is 17.4. The number of hydrogen-bond donors (Lipinski definition) is 1. The predicted octanol–water partition coefficient (Wildman–Crippen LogP) is 3.03. The molecule has 3 fully saturated rings. The van der Waals surface area contributed by atoms with Crippen LogP contribution in [-0.4, -0.2) is 40.4 Å². The normalized spacial score (nSPS) is 25.6. The van der Waals surface area contributed by atoms with E-state index < -0.39 is 38.6 Å². The fourth-order valence-electron chi connectivity index (χ4n) is 3.53. The molecule has 0 radical (unpaired) electrons. The Kier molecular flexibility index (Phi) is 4.27. The second kappa shape index (κ2) is 6.14. The van der Waals surface area contributed by atoms with Crippen molar-refractivity contribution in [3.8, 4) is 0 Å². The molecule has 1 unspecified atom stereocenters. The summed E-state index contributed by atoms with van der Waals surface area (Å²) in [5.74, 6) is 0.187. The zero-order chi connectivity index (χ0) is 18.4. The van der Waals surface area contributed by atoms with Gasteiger partial charge in [-0.1, -0.05) is 0 Å². The Morgan fingerprint density at radius 3 is 1.96 bits per heavy atom. The van der Waals surface area contributed by atoms with Gasteiger partial charge in [0.05, 0.1) is 15.4 Å². The zero-order valence-electron chi connectivity index (χ0n) is 13.0. The number of nitrogens with one attached hydrogen (secondary N) is 1. The highest BCUT2D eigenvalue weighted by molar-refractivity contribution is 5.75. The summed E-state index contributed by atoms with van der Waals surface area (Å²) < 4.78 is 38.7. The Labute approximate surface area is 139 Å². The van der Waals surface area contributed by atoms with Crippen LogP contribution in [0.15, 0.2) is 12.1 Å². The first-order valence-corrected chi connectivity index (χ1v) is 7.69. The number of nitro benzene ring substituents is 2. The van der Waals surface area contributed by atoms with Gasteiger partial charge in [-0.3, -0.25) is 20.2 Å². The summed E-state index contributed by atoms with van der Waals surface area (Å²) in [5, 5.41) is 25.3. The molecule has 0 amide bonds. The Hall–Kier alpha value is -2.43. The molecule has 3 aliphatic heterocycles. The van der Waals surface area contributed by atoms with E-state index in [1.165, 1.54) is 0 Å². The first-order chi connectivity index (χ1) is 11.7. The molecular formula is C14H15F3N4O4. The molecule has 8 nitrogen and oxygen atoms in total. The molecule has 0 aromatic heterocycles. The van der Waals surface area contributed by atoms with Crippen molar-refractivity contribution in [1.29, 1.82) is 0 Å². The summed E-state index contributed by atoms with van der Waals surface area (Å²) >= 11 is 0. The number of rotatable bonds is 4. The van der Waals surface area contributed by atoms with Crippen LogP contribution in [0, 0.1) is 26.1 Å². The van der Waals surface area contributed by atoms with Crippen molar-refractivity contribution in [2.45, 2.75) is 25.1 Å². The fraction of sp³-hybridized carbons (Fsp3) is 0.571. The molecule has 4 rings (SSSR count). The van der Waals surface area contributed by atoms with Gasteiger partial charge in [-0.05, 0) is 31.8 Å². The predicted molar refractivity (Wildman–Crippen MR) is 81.3 cm³/mol. The molecule has 3 saturated heterocycles. The van der Waals surface area contributed by atoms with Gasteiger partial charge in [0.1, 0.15) is 0 Å². The van der Waals surface area contributed by atoms with E-state index >= 15 is 0 Å². The minimum absolute atomic E-state index is 0.187. The van der Waals surface area contributed by atoms with E-state index in [4.69, 9.17) is 0 Å². The lowest BCUT2D eigenvalue weighted by Crippen LogP contribution is -2.53. The Balaban J connectivity index is 2.04. The molecule has 0 spiro atoms. The number of anilines is 1. The van der Waals surface area contributed by atoms with E-state index in [0.717, 1.165) is 25.9 Å². The van der Waals surface area contributed by atoms with Crippen molar-refractivity contribution in [3.05, 3.63) is 37.9 Å². The smallest absolute Gasteiger partial charge is 0.370 e. The van der Waals surface area contributed by atoms with Gasteiger partial charge in [0.25, 0.3) is 11.4 Å². The Morgan fingerprint density at radius 2 is 1.60 bits per heavy atom. The van der Waals surface area contributed by atoms with E-state index in [1.807, 2.05) is 0 Å². The number of hydrogen-bond acceptors (Lipinski definition) is 6. The summed E-state index contributed by atoms with van der Waals surface area (Å²) in [7, 11) is 0. The number of nitro groups is 2. The molecule has 136 valence electrons. The maximum Gasteiger partial charge on any atom is 0.416 e. The molecule has 0 aliphatic carbocycles. The van der Waals surface area contributed by atoms with Gasteiger partial charge in [-0.25, -0.2) is 0 Å². The van der Waals surface area contributed by atoms with E-state index in [2.05, 4.69) is 10.2 Å². The molecule has 1 aromatic carbocycles. The van der Waals surface area contributed by atoms with Crippen LogP contribution in [0.3, 0.4) is 0 Å². The second-order valence-corrected chi connectivity index (χ2v) is 6.29. The maximum atomic E-state index is 12.9. The van der Waals surface area contributed by atoms with Crippen LogP contribution in [0.25, 0.3) is 0 Å². The van der Waals surface area contributed by atoms with E-state index in [1.54, 1.807) is 0 Å². The zero-order valence-corrected chi connectivity index (χ0v) is 13.0. The molecule has 2 bridgehead atoms. The summed E-state index contributed by atoms with van der Waals surface area (Å²) in [5.41, 5.74) is -3.73. The standard InChI is InChI=1S/C14H15F3N4O4/c15-14(16,17)9-5-11(20(22)23)13(12(6-9)21(24)25)18-10-7-19-3-1-8(10)2-4-19/h5-6,8,10,18H,1-4,7H2. The quantitative estimate of drug-likeness (QED) is 0.654. The molecular weight excluding hydrogens is 345 g/mol. The van der Waals surface area contributed by atoms with Crippen LogP contribution in [0.5, 0.6) is 0 Å². The van der Waals surface area contributed by atoms with Crippen LogP contribution in [-0.2, 0) is 6.18 Å². The van der Waals surface area contributed by atoms with E-state index in [0.29, 0.717) is 18.7 Å². The lowest BCUT2D eigenvalue weighted by atomic mass is 9.84. The highest BCUT2D eigenvalue weighted by Gasteiger charge is 2.40. The number of piperidine rings is 3. The summed E-state index contributed by atoms with van der Waals surface area (Å²) in [4.78, 5) is 22.6. The minimum Gasteiger partial charge on any atom is -0.370 e. The van der Waals surface area contributed by atoms with Gasteiger partial charge in [-0.15, -0.1) is 0 Å². The largest absolute Gasteiger partial charge is 0.416 e. The van der Waals surface area contributed by atoms with Gasteiger partial charge >= 0.3 is 6.18 Å². The third kappa shape index (κ3) is 3.36. The van der Waals surface area contributed by atoms with Gasteiger partial charge < -0.3 is 10.2 Å². The van der Waals surface area contributed by atoms with Crippen LogP contribution >= 0.6 is 0 Å². The third-order valence-electron chi connectivity index (χ3n) is 4.80. The number of nitrogens with zero attached hydrogens (tertiary/aromatic N) is 3. The minimum atomic E-state index is -4.91. The molecule has 25 heavy (non-hydrogen) atoms. The highest BCUT2D eigenvalue weighted by atomic mass is 19.4. The van der Waals surface area contributed by atoms with Crippen molar-refractivity contribution >= 4 is 17.1 Å². The number of halogens is 3. The topological polar surface area (TPSA) is 102 Å². The SMILES string of the molecule is O=[N+]([O-])c1cc(C(F)(F)F)cc([N+](=O)[O-])c1NC1CN2CCC1CC2. The van der Waals surface area contributed by atoms with Crippen LogP contribution < -0.4 is 5.32 Å². The van der Waals surface area contributed by atoms with Crippen LogP contribution in [0.1, 0.15) is 18.4 Å².